The first-order valence-electron chi connectivity index (χ1n) is 9.23. The summed E-state index contributed by atoms with van der Waals surface area (Å²) in [5, 5.41) is 2.75. The largest absolute Gasteiger partial charge is 0.476 e. The molecule has 6 nitrogen and oxygen atoms in total. The van der Waals surface area contributed by atoms with E-state index in [0.717, 1.165) is 11.1 Å². The van der Waals surface area contributed by atoms with Gasteiger partial charge in [0.15, 0.2) is 12.4 Å². The lowest BCUT2D eigenvalue weighted by molar-refractivity contribution is -0.118. The van der Waals surface area contributed by atoms with Crippen LogP contribution in [0.15, 0.2) is 68.4 Å². The third kappa shape index (κ3) is 3.69. The number of fused-ring (bicyclic) bond motifs is 1. The average Bonchev–Trinajstić information content (AvgIpc) is 3.24. The fourth-order valence-corrected chi connectivity index (χ4v) is 3.22. The van der Waals surface area contributed by atoms with E-state index in [2.05, 4.69) is 5.32 Å². The van der Waals surface area contributed by atoms with Crippen molar-refractivity contribution in [3.63, 3.8) is 0 Å². The van der Waals surface area contributed by atoms with Crippen LogP contribution in [-0.2, 0) is 4.79 Å². The van der Waals surface area contributed by atoms with Gasteiger partial charge in [-0.25, -0.2) is 4.39 Å². The summed E-state index contributed by atoms with van der Waals surface area (Å²) in [4.78, 5) is 25.4. The van der Waals surface area contributed by atoms with Crippen molar-refractivity contribution in [1.29, 1.82) is 0 Å². The van der Waals surface area contributed by atoms with Gasteiger partial charge >= 0.3 is 0 Å². The molecule has 0 aliphatic rings. The second-order valence-electron chi connectivity index (χ2n) is 6.84. The Labute approximate surface area is 170 Å². The van der Waals surface area contributed by atoms with Crippen molar-refractivity contribution in [1.82, 2.24) is 0 Å². The number of para-hydroxylation sites is 1. The van der Waals surface area contributed by atoms with Gasteiger partial charge in [-0.15, -0.1) is 0 Å². The average molecular weight is 407 g/mol. The summed E-state index contributed by atoms with van der Waals surface area (Å²) in [6.45, 7) is 3.20. The fourth-order valence-electron chi connectivity index (χ4n) is 3.22. The third-order valence-corrected chi connectivity index (χ3v) is 4.52. The molecule has 0 fully saturated rings. The molecule has 4 aromatic rings. The molecular weight excluding hydrogens is 389 g/mol. The third-order valence-electron chi connectivity index (χ3n) is 4.52. The van der Waals surface area contributed by atoms with E-state index in [1.807, 2.05) is 19.9 Å². The number of anilines is 1. The summed E-state index contributed by atoms with van der Waals surface area (Å²) in [7, 11) is 0. The first kappa shape index (κ1) is 19.4. The van der Waals surface area contributed by atoms with Crippen LogP contribution >= 0.6 is 0 Å². The topological polar surface area (TPSA) is 81.7 Å². The molecule has 2 aromatic heterocycles. The zero-order valence-corrected chi connectivity index (χ0v) is 16.3. The van der Waals surface area contributed by atoms with Crippen LogP contribution in [0, 0.1) is 19.7 Å². The van der Waals surface area contributed by atoms with Crippen LogP contribution in [0.4, 0.5) is 10.1 Å². The van der Waals surface area contributed by atoms with E-state index >= 15 is 0 Å². The summed E-state index contributed by atoms with van der Waals surface area (Å²) in [6.07, 6.45) is 1.44. The van der Waals surface area contributed by atoms with Crippen molar-refractivity contribution in [2.24, 2.45) is 0 Å². The summed E-state index contributed by atoms with van der Waals surface area (Å²) in [5.41, 5.74) is 1.70. The number of benzene rings is 2. The molecule has 30 heavy (non-hydrogen) atoms. The van der Waals surface area contributed by atoms with Gasteiger partial charge in [0.1, 0.15) is 11.4 Å². The molecule has 152 valence electrons. The smallest absolute Gasteiger partial charge is 0.262 e. The van der Waals surface area contributed by atoms with Crippen molar-refractivity contribution in [2.75, 3.05) is 11.9 Å². The Balaban J connectivity index is 1.71. The van der Waals surface area contributed by atoms with Crippen LogP contribution in [0.2, 0.25) is 0 Å². The molecule has 0 bridgehead atoms. The zero-order chi connectivity index (χ0) is 21.3. The number of aryl methyl sites for hydroxylation is 2. The maximum atomic E-state index is 13.7. The second-order valence-corrected chi connectivity index (χ2v) is 6.84. The van der Waals surface area contributed by atoms with E-state index in [1.54, 1.807) is 24.3 Å². The van der Waals surface area contributed by atoms with Gasteiger partial charge in [0, 0.05) is 0 Å². The van der Waals surface area contributed by atoms with E-state index in [-0.39, 0.29) is 17.2 Å². The minimum absolute atomic E-state index is 0.0224. The number of rotatable bonds is 5. The maximum Gasteiger partial charge on any atom is 0.262 e. The molecule has 1 N–H and O–H groups in total. The molecule has 2 aromatic carbocycles. The SMILES string of the molecule is Cc1cc(C)c2oc(-c3ccco3)c(OCC(=O)Nc3ccccc3F)c(=O)c2c1. The number of carbonyl (C=O) groups excluding carboxylic acids is 1. The van der Waals surface area contributed by atoms with E-state index in [9.17, 15) is 14.0 Å². The van der Waals surface area contributed by atoms with Gasteiger partial charge in [0.25, 0.3) is 5.91 Å². The summed E-state index contributed by atoms with van der Waals surface area (Å²) >= 11 is 0. The molecule has 2 heterocycles. The van der Waals surface area contributed by atoms with Gasteiger partial charge in [0.05, 0.1) is 17.3 Å². The fraction of sp³-hybridized carbons (Fsp3) is 0.130. The number of carbonyl (C=O) groups is 1. The Morgan fingerprint density at radius 2 is 1.93 bits per heavy atom. The lowest BCUT2D eigenvalue weighted by Crippen LogP contribution is -2.23. The minimum Gasteiger partial charge on any atom is -0.476 e. The van der Waals surface area contributed by atoms with Crippen LogP contribution in [0.5, 0.6) is 5.75 Å². The highest BCUT2D eigenvalue weighted by molar-refractivity contribution is 5.92. The number of hydrogen-bond donors (Lipinski definition) is 1. The Morgan fingerprint density at radius 1 is 1.13 bits per heavy atom. The summed E-state index contributed by atoms with van der Waals surface area (Å²) < 4.78 is 30.6. The second kappa shape index (κ2) is 7.87. The standard InChI is InChI=1S/C23H18FNO5/c1-13-10-14(2)21-15(11-13)20(27)23(22(30-21)18-8-5-9-28-18)29-12-19(26)25-17-7-4-3-6-16(17)24/h3-11H,12H2,1-2H3,(H,25,26). The maximum absolute atomic E-state index is 13.7. The number of nitrogens with one attached hydrogen (secondary N) is 1. The molecule has 0 saturated carbocycles. The zero-order valence-electron chi connectivity index (χ0n) is 16.3. The highest BCUT2D eigenvalue weighted by Crippen LogP contribution is 2.32. The molecule has 0 spiro atoms. The molecule has 0 atom stereocenters. The van der Waals surface area contributed by atoms with Crippen LogP contribution in [-0.4, -0.2) is 12.5 Å². The van der Waals surface area contributed by atoms with E-state index < -0.39 is 23.8 Å². The molecule has 0 aliphatic heterocycles. The van der Waals surface area contributed by atoms with Crippen LogP contribution < -0.4 is 15.5 Å². The van der Waals surface area contributed by atoms with E-state index in [0.29, 0.717) is 16.7 Å². The van der Waals surface area contributed by atoms with E-state index in [1.165, 1.54) is 24.5 Å². The monoisotopic (exact) mass is 407 g/mol. The van der Waals surface area contributed by atoms with Gasteiger partial charge in [0.2, 0.25) is 16.9 Å². The molecule has 0 radical (unpaired) electrons. The summed E-state index contributed by atoms with van der Waals surface area (Å²) in [5.74, 6) is -0.962. The number of amides is 1. The molecule has 7 heteroatoms. The van der Waals surface area contributed by atoms with Crippen molar-refractivity contribution in [3.05, 3.63) is 82.0 Å². The van der Waals surface area contributed by atoms with Gasteiger partial charge in [-0.2, -0.15) is 0 Å². The molecule has 0 saturated heterocycles. The number of furan rings is 1. The van der Waals surface area contributed by atoms with Gasteiger partial charge < -0.3 is 18.9 Å². The highest BCUT2D eigenvalue weighted by Gasteiger charge is 2.22. The molecule has 0 aliphatic carbocycles. The van der Waals surface area contributed by atoms with Gasteiger partial charge in [-0.05, 0) is 55.3 Å². The molecule has 0 unspecified atom stereocenters. The quantitative estimate of drug-likeness (QED) is 0.513. The Kier molecular flexibility index (Phi) is 5.10. The first-order valence-corrected chi connectivity index (χ1v) is 9.23. The number of ether oxygens (including phenoxy) is 1. The number of halogens is 1. The van der Waals surface area contributed by atoms with Crippen LogP contribution in [0.3, 0.4) is 0 Å². The normalized spacial score (nSPS) is 10.9. The Bertz CT molecular complexity index is 1290. The summed E-state index contributed by atoms with van der Waals surface area (Å²) in [6, 6.07) is 12.6. The lowest BCUT2D eigenvalue weighted by atomic mass is 10.1. The Morgan fingerprint density at radius 3 is 2.67 bits per heavy atom. The number of hydrogen-bond acceptors (Lipinski definition) is 5. The predicted molar refractivity (Wildman–Crippen MR) is 110 cm³/mol. The van der Waals surface area contributed by atoms with Crippen molar-refractivity contribution in [2.45, 2.75) is 13.8 Å². The van der Waals surface area contributed by atoms with Gasteiger partial charge in [-0.1, -0.05) is 18.2 Å². The molecule has 1 amide bonds. The lowest BCUT2D eigenvalue weighted by Gasteiger charge is -2.12. The van der Waals surface area contributed by atoms with E-state index in [4.69, 9.17) is 13.6 Å². The van der Waals surface area contributed by atoms with Crippen molar-refractivity contribution in [3.8, 4) is 17.3 Å². The van der Waals surface area contributed by atoms with Crippen LogP contribution in [0.1, 0.15) is 11.1 Å². The minimum atomic E-state index is -0.620. The van der Waals surface area contributed by atoms with Crippen molar-refractivity contribution < 1.29 is 22.8 Å². The van der Waals surface area contributed by atoms with Gasteiger partial charge in [-0.3, -0.25) is 9.59 Å². The first-order chi connectivity index (χ1) is 14.4. The van der Waals surface area contributed by atoms with Crippen molar-refractivity contribution >= 4 is 22.6 Å². The Hall–Kier alpha value is -3.87. The highest BCUT2D eigenvalue weighted by atomic mass is 19.1. The van der Waals surface area contributed by atoms with Crippen LogP contribution in [0.25, 0.3) is 22.5 Å². The predicted octanol–water partition coefficient (Wildman–Crippen LogP) is 4.83. The molecule has 4 rings (SSSR count). The molecular formula is C23H18FNO5.